The highest BCUT2D eigenvalue weighted by Gasteiger charge is 2.25. The third-order valence-electron chi connectivity index (χ3n) is 2.57. The molecule has 19 heavy (non-hydrogen) atoms. The molecule has 0 spiro atoms. The van der Waals surface area contributed by atoms with E-state index in [9.17, 15) is 17.4 Å². The summed E-state index contributed by atoms with van der Waals surface area (Å²) in [5.41, 5.74) is 0. The largest absolute Gasteiger partial charge is 0.480 e. The lowest BCUT2D eigenvalue weighted by Crippen LogP contribution is -2.25. The molecule has 0 fully saturated rings. The van der Waals surface area contributed by atoms with Gasteiger partial charge >= 0.3 is 5.97 Å². The first-order chi connectivity index (χ1) is 8.77. The predicted octanol–water partition coefficient (Wildman–Crippen LogP) is 1.45. The minimum absolute atomic E-state index is 0.121. The SMILES string of the molecule is CCCC(C(=O)O)S(=O)c1ccc(S(C)(=O)=O)cc1. The molecule has 5 nitrogen and oxygen atoms in total. The minimum atomic E-state index is -3.31. The number of carboxylic acids is 1. The molecular weight excluding hydrogens is 288 g/mol. The van der Waals surface area contributed by atoms with E-state index in [2.05, 4.69) is 0 Å². The number of rotatable bonds is 6. The van der Waals surface area contributed by atoms with Crippen LogP contribution in [0.25, 0.3) is 0 Å². The van der Waals surface area contributed by atoms with E-state index >= 15 is 0 Å². The molecule has 0 saturated carbocycles. The summed E-state index contributed by atoms with van der Waals surface area (Å²) in [6.45, 7) is 1.82. The molecule has 1 aromatic rings. The number of benzene rings is 1. The Morgan fingerprint density at radius 1 is 1.32 bits per heavy atom. The molecule has 2 unspecified atom stereocenters. The van der Waals surface area contributed by atoms with Crippen LogP contribution in [0, 0.1) is 0 Å². The number of sulfone groups is 1. The van der Waals surface area contributed by atoms with Crippen LogP contribution in [-0.2, 0) is 25.4 Å². The Morgan fingerprint density at radius 3 is 2.21 bits per heavy atom. The van der Waals surface area contributed by atoms with Crippen molar-refractivity contribution in [1.29, 1.82) is 0 Å². The summed E-state index contributed by atoms with van der Waals surface area (Å²) in [6.07, 6.45) is 2.01. The molecule has 0 amide bonds. The maximum atomic E-state index is 12.1. The van der Waals surface area contributed by atoms with E-state index in [0.717, 1.165) is 6.26 Å². The van der Waals surface area contributed by atoms with Gasteiger partial charge in [0, 0.05) is 11.2 Å². The van der Waals surface area contributed by atoms with Crippen LogP contribution in [0.2, 0.25) is 0 Å². The van der Waals surface area contributed by atoms with Crippen LogP contribution in [-0.4, -0.2) is 35.2 Å². The molecule has 1 aromatic carbocycles. The van der Waals surface area contributed by atoms with Crippen LogP contribution >= 0.6 is 0 Å². The molecule has 7 heteroatoms. The molecule has 1 rings (SSSR count). The Balaban J connectivity index is 3.03. The van der Waals surface area contributed by atoms with Gasteiger partial charge in [0.2, 0.25) is 0 Å². The first-order valence-electron chi connectivity index (χ1n) is 5.71. The number of aliphatic carboxylic acids is 1. The maximum absolute atomic E-state index is 12.1. The van der Waals surface area contributed by atoms with E-state index in [-0.39, 0.29) is 4.90 Å². The zero-order valence-corrected chi connectivity index (χ0v) is 12.3. The van der Waals surface area contributed by atoms with Gasteiger partial charge in [-0.25, -0.2) is 8.42 Å². The van der Waals surface area contributed by atoms with Gasteiger partial charge in [-0.3, -0.25) is 9.00 Å². The van der Waals surface area contributed by atoms with Gasteiger partial charge in [0.05, 0.1) is 15.7 Å². The Bertz CT molecular complexity index is 575. The fourth-order valence-corrected chi connectivity index (χ4v) is 3.57. The molecule has 0 heterocycles. The van der Waals surface area contributed by atoms with E-state index in [4.69, 9.17) is 5.11 Å². The average molecular weight is 304 g/mol. The van der Waals surface area contributed by atoms with Gasteiger partial charge in [-0.1, -0.05) is 13.3 Å². The van der Waals surface area contributed by atoms with E-state index in [0.29, 0.717) is 17.7 Å². The van der Waals surface area contributed by atoms with Crippen molar-refractivity contribution in [3.63, 3.8) is 0 Å². The van der Waals surface area contributed by atoms with Crippen LogP contribution in [0.3, 0.4) is 0 Å². The lowest BCUT2D eigenvalue weighted by Gasteiger charge is -2.11. The molecule has 0 aromatic heterocycles. The number of carboxylic acid groups (broad SMARTS) is 1. The lowest BCUT2D eigenvalue weighted by molar-refractivity contribution is -0.136. The zero-order valence-electron chi connectivity index (χ0n) is 10.7. The summed E-state index contributed by atoms with van der Waals surface area (Å²) in [4.78, 5) is 11.5. The van der Waals surface area contributed by atoms with Gasteiger partial charge in [-0.2, -0.15) is 0 Å². The van der Waals surface area contributed by atoms with Gasteiger partial charge in [0.1, 0.15) is 5.25 Å². The van der Waals surface area contributed by atoms with Crippen molar-refractivity contribution in [2.45, 2.75) is 34.8 Å². The zero-order chi connectivity index (χ0) is 14.6. The molecule has 0 saturated heterocycles. The van der Waals surface area contributed by atoms with Crippen molar-refractivity contribution in [3.8, 4) is 0 Å². The summed E-state index contributed by atoms with van der Waals surface area (Å²) >= 11 is 0. The van der Waals surface area contributed by atoms with Crippen molar-refractivity contribution >= 4 is 26.6 Å². The Morgan fingerprint density at radius 2 is 1.84 bits per heavy atom. The summed E-state index contributed by atoms with van der Waals surface area (Å²) in [6, 6.07) is 5.48. The predicted molar refractivity (Wildman–Crippen MR) is 72.3 cm³/mol. The fraction of sp³-hybridized carbons (Fsp3) is 0.417. The summed E-state index contributed by atoms with van der Waals surface area (Å²) in [5, 5.41) is 8.07. The Labute approximate surface area is 115 Å². The number of hydrogen-bond donors (Lipinski definition) is 1. The molecule has 0 aliphatic carbocycles. The van der Waals surface area contributed by atoms with Crippen molar-refractivity contribution in [2.75, 3.05) is 6.26 Å². The van der Waals surface area contributed by atoms with E-state index in [1.807, 2.05) is 6.92 Å². The smallest absolute Gasteiger partial charge is 0.319 e. The van der Waals surface area contributed by atoms with Crippen molar-refractivity contribution in [2.24, 2.45) is 0 Å². The van der Waals surface area contributed by atoms with E-state index in [1.165, 1.54) is 24.3 Å². The van der Waals surface area contributed by atoms with Gasteiger partial charge in [0.25, 0.3) is 0 Å². The highest BCUT2D eigenvalue weighted by atomic mass is 32.2. The lowest BCUT2D eigenvalue weighted by atomic mass is 10.2. The standard InChI is InChI=1S/C12H16O5S2/c1-3-4-11(12(13)14)18(15)9-5-7-10(8-6-9)19(2,16)17/h5-8,11H,3-4H2,1-2H3,(H,13,14). The number of hydrogen-bond acceptors (Lipinski definition) is 4. The maximum Gasteiger partial charge on any atom is 0.319 e. The normalized spacial score (nSPS) is 14.8. The van der Waals surface area contributed by atoms with Crippen LogP contribution < -0.4 is 0 Å². The second-order valence-electron chi connectivity index (χ2n) is 4.16. The highest BCUT2D eigenvalue weighted by molar-refractivity contribution is 7.90. The van der Waals surface area contributed by atoms with Gasteiger partial charge in [-0.05, 0) is 30.7 Å². The first-order valence-corrected chi connectivity index (χ1v) is 8.81. The third-order valence-corrected chi connectivity index (χ3v) is 5.39. The molecule has 2 atom stereocenters. The molecule has 0 bridgehead atoms. The van der Waals surface area contributed by atoms with Crippen molar-refractivity contribution in [1.82, 2.24) is 0 Å². The van der Waals surface area contributed by atoms with Crippen LogP contribution in [0.1, 0.15) is 19.8 Å². The van der Waals surface area contributed by atoms with Crippen molar-refractivity contribution < 1.29 is 22.5 Å². The third kappa shape index (κ3) is 4.14. The Hall–Kier alpha value is -1.21. The fourth-order valence-electron chi connectivity index (χ4n) is 1.57. The van der Waals surface area contributed by atoms with Gasteiger partial charge in [0.15, 0.2) is 9.84 Å². The first kappa shape index (κ1) is 15.8. The topological polar surface area (TPSA) is 88.5 Å². The molecule has 0 aliphatic rings. The summed E-state index contributed by atoms with van der Waals surface area (Å²) in [5.74, 6) is -1.10. The molecule has 0 aliphatic heterocycles. The summed E-state index contributed by atoms with van der Waals surface area (Å²) < 4.78 is 34.7. The quantitative estimate of drug-likeness (QED) is 0.859. The van der Waals surface area contributed by atoms with E-state index in [1.54, 1.807) is 0 Å². The van der Waals surface area contributed by atoms with Gasteiger partial charge in [-0.15, -0.1) is 0 Å². The molecule has 106 valence electrons. The molecular formula is C12H16O5S2. The second-order valence-corrected chi connectivity index (χ2v) is 7.81. The van der Waals surface area contributed by atoms with E-state index < -0.39 is 31.9 Å². The number of carbonyl (C=O) groups is 1. The van der Waals surface area contributed by atoms with Crippen molar-refractivity contribution in [3.05, 3.63) is 24.3 Å². The second kappa shape index (κ2) is 6.29. The summed E-state index contributed by atoms with van der Waals surface area (Å²) in [7, 11) is -4.99. The van der Waals surface area contributed by atoms with Crippen LogP contribution in [0.15, 0.2) is 34.1 Å². The molecule has 0 radical (unpaired) electrons. The minimum Gasteiger partial charge on any atom is -0.480 e. The van der Waals surface area contributed by atoms with Crippen LogP contribution in [0.5, 0.6) is 0 Å². The Kier molecular flexibility index (Phi) is 5.25. The molecule has 1 N–H and O–H groups in total. The average Bonchev–Trinajstić information content (AvgIpc) is 2.34. The van der Waals surface area contributed by atoms with Crippen LogP contribution in [0.4, 0.5) is 0 Å². The highest BCUT2D eigenvalue weighted by Crippen LogP contribution is 2.18. The van der Waals surface area contributed by atoms with Gasteiger partial charge < -0.3 is 5.11 Å². The monoisotopic (exact) mass is 304 g/mol.